The lowest BCUT2D eigenvalue weighted by Crippen LogP contribution is -2.59. The van der Waals surface area contributed by atoms with Crippen molar-refractivity contribution in [2.45, 2.75) is 19.0 Å². The van der Waals surface area contributed by atoms with Gasteiger partial charge in [-0.05, 0) is 37.6 Å². The predicted molar refractivity (Wildman–Crippen MR) is 56.5 cm³/mol. The van der Waals surface area contributed by atoms with Gasteiger partial charge in [-0.25, -0.2) is 0 Å². The van der Waals surface area contributed by atoms with Crippen LogP contribution in [0, 0.1) is 0 Å². The number of hydrogen-bond donors (Lipinski definition) is 2. The molecule has 1 saturated heterocycles. The van der Waals surface area contributed by atoms with Gasteiger partial charge in [-0.3, -0.25) is 10.1 Å². The minimum atomic E-state index is 0.0305. The van der Waals surface area contributed by atoms with Crippen molar-refractivity contribution < 1.29 is 4.79 Å². The van der Waals surface area contributed by atoms with E-state index in [2.05, 4.69) is 17.6 Å². The van der Waals surface area contributed by atoms with Crippen molar-refractivity contribution in [2.24, 2.45) is 0 Å². The molecule has 1 aliphatic rings. The fourth-order valence-corrected chi connectivity index (χ4v) is 1.57. The lowest BCUT2D eigenvalue weighted by molar-refractivity contribution is 0.112. The molecular formula is C11H14N2O. The van der Waals surface area contributed by atoms with Gasteiger partial charge in [0.2, 0.25) is 0 Å². The Kier molecular flexibility index (Phi) is 2.25. The van der Waals surface area contributed by atoms with Gasteiger partial charge in [0.25, 0.3) is 0 Å². The highest BCUT2D eigenvalue weighted by atomic mass is 16.1. The minimum absolute atomic E-state index is 0.0305. The van der Waals surface area contributed by atoms with Crippen LogP contribution in [0.4, 0.5) is 5.69 Å². The van der Waals surface area contributed by atoms with Crippen LogP contribution in [0.25, 0.3) is 0 Å². The van der Waals surface area contributed by atoms with Crippen LogP contribution < -0.4 is 10.6 Å². The van der Waals surface area contributed by atoms with Crippen molar-refractivity contribution in [3.05, 3.63) is 29.8 Å². The van der Waals surface area contributed by atoms with E-state index in [1.165, 1.54) is 0 Å². The summed E-state index contributed by atoms with van der Waals surface area (Å²) in [5, 5.41) is 6.70. The van der Waals surface area contributed by atoms with Gasteiger partial charge in [0.15, 0.2) is 0 Å². The molecule has 1 fully saturated rings. The average molecular weight is 190 g/mol. The topological polar surface area (TPSA) is 41.1 Å². The molecule has 1 heterocycles. The Bertz CT molecular complexity index is 328. The van der Waals surface area contributed by atoms with Gasteiger partial charge in [-0.15, -0.1) is 0 Å². The molecule has 1 aromatic carbocycles. The molecule has 0 aliphatic carbocycles. The van der Waals surface area contributed by atoms with Crippen LogP contribution in [0.15, 0.2) is 24.3 Å². The molecule has 0 bridgehead atoms. The van der Waals surface area contributed by atoms with Gasteiger partial charge in [-0.1, -0.05) is 0 Å². The van der Waals surface area contributed by atoms with Crippen LogP contribution in [-0.2, 0) is 0 Å². The highest BCUT2D eigenvalue weighted by molar-refractivity contribution is 5.75. The maximum atomic E-state index is 10.4. The second kappa shape index (κ2) is 3.42. The number of carbonyl (C=O) groups is 1. The van der Waals surface area contributed by atoms with Gasteiger partial charge < -0.3 is 5.32 Å². The monoisotopic (exact) mass is 190 g/mol. The van der Waals surface area contributed by atoms with Crippen LogP contribution in [0.1, 0.15) is 23.7 Å². The summed E-state index contributed by atoms with van der Waals surface area (Å²) in [7, 11) is 0. The van der Waals surface area contributed by atoms with E-state index in [1.54, 1.807) is 0 Å². The third-order valence-electron chi connectivity index (χ3n) is 2.61. The van der Waals surface area contributed by atoms with Crippen molar-refractivity contribution in [1.29, 1.82) is 0 Å². The first-order chi connectivity index (χ1) is 6.72. The highest BCUT2D eigenvalue weighted by Crippen LogP contribution is 2.21. The van der Waals surface area contributed by atoms with Gasteiger partial charge in [0.1, 0.15) is 6.29 Å². The number of nitrogens with one attached hydrogen (secondary N) is 2. The molecule has 1 aromatic rings. The first-order valence-electron chi connectivity index (χ1n) is 4.80. The summed E-state index contributed by atoms with van der Waals surface area (Å²) >= 11 is 0. The molecule has 74 valence electrons. The Balaban J connectivity index is 2.06. The Labute approximate surface area is 83.5 Å². The predicted octanol–water partition coefficient (Wildman–Crippen LogP) is 1.62. The van der Waals surface area contributed by atoms with E-state index >= 15 is 0 Å². The van der Waals surface area contributed by atoms with Crippen LogP contribution in [0.5, 0.6) is 0 Å². The average Bonchev–Trinajstić information content (AvgIpc) is 2.17. The fraction of sp³-hybridized carbons (Fsp3) is 0.364. The smallest absolute Gasteiger partial charge is 0.150 e. The number of benzene rings is 1. The number of hydrogen-bond acceptors (Lipinski definition) is 3. The molecule has 0 radical (unpaired) electrons. The maximum absolute atomic E-state index is 10.4. The molecule has 0 unspecified atom stereocenters. The van der Waals surface area contributed by atoms with Crippen molar-refractivity contribution in [2.75, 3.05) is 11.9 Å². The second-order valence-electron chi connectivity index (χ2n) is 3.87. The standard InChI is InChI=1S/C11H14N2O/c1-11(6-7-12-11)13-10-4-2-9(8-14)3-5-10/h2-5,8,12-13H,6-7H2,1H3/t11-/m0/s1. The van der Waals surface area contributed by atoms with E-state index in [4.69, 9.17) is 0 Å². The van der Waals surface area contributed by atoms with Crippen molar-refractivity contribution in [3.8, 4) is 0 Å². The molecule has 1 aliphatic heterocycles. The summed E-state index contributed by atoms with van der Waals surface area (Å²) < 4.78 is 0. The number of rotatable bonds is 3. The Hall–Kier alpha value is -1.35. The van der Waals surface area contributed by atoms with Crippen molar-refractivity contribution >= 4 is 12.0 Å². The van der Waals surface area contributed by atoms with E-state index in [-0.39, 0.29) is 5.66 Å². The molecule has 0 saturated carbocycles. The highest BCUT2D eigenvalue weighted by Gasteiger charge is 2.30. The Morgan fingerprint density at radius 2 is 2.07 bits per heavy atom. The summed E-state index contributed by atoms with van der Waals surface area (Å²) in [4.78, 5) is 10.4. The van der Waals surface area contributed by atoms with E-state index < -0.39 is 0 Å². The molecule has 2 N–H and O–H groups in total. The fourth-order valence-electron chi connectivity index (χ4n) is 1.57. The molecule has 0 amide bonds. The van der Waals surface area contributed by atoms with Gasteiger partial charge >= 0.3 is 0 Å². The molecule has 3 heteroatoms. The number of anilines is 1. The lowest BCUT2D eigenvalue weighted by atomic mass is 10.0. The Morgan fingerprint density at radius 1 is 1.43 bits per heavy atom. The summed E-state index contributed by atoms with van der Waals surface area (Å²) in [6.45, 7) is 3.19. The van der Waals surface area contributed by atoms with Crippen LogP contribution in [0.2, 0.25) is 0 Å². The minimum Gasteiger partial charge on any atom is -0.367 e. The zero-order chi connectivity index (χ0) is 10.0. The molecule has 0 spiro atoms. The Morgan fingerprint density at radius 3 is 2.50 bits per heavy atom. The summed E-state index contributed by atoms with van der Waals surface area (Å²) in [6.07, 6.45) is 1.98. The van der Waals surface area contributed by atoms with Gasteiger partial charge in [0.05, 0.1) is 5.66 Å². The largest absolute Gasteiger partial charge is 0.367 e. The zero-order valence-electron chi connectivity index (χ0n) is 8.21. The molecule has 0 aromatic heterocycles. The first kappa shape index (κ1) is 9.21. The quantitative estimate of drug-likeness (QED) is 0.712. The third-order valence-corrected chi connectivity index (χ3v) is 2.61. The SMILES string of the molecule is C[C@]1(Nc2ccc(C=O)cc2)CCN1. The molecular weight excluding hydrogens is 176 g/mol. The van der Waals surface area contributed by atoms with Crippen LogP contribution >= 0.6 is 0 Å². The normalized spacial score (nSPS) is 25.2. The van der Waals surface area contributed by atoms with Crippen LogP contribution in [0.3, 0.4) is 0 Å². The molecule has 2 rings (SSSR count). The maximum Gasteiger partial charge on any atom is 0.150 e. The van der Waals surface area contributed by atoms with Gasteiger partial charge in [0, 0.05) is 17.8 Å². The second-order valence-corrected chi connectivity index (χ2v) is 3.87. The van der Waals surface area contributed by atoms with E-state index in [0.717, 1.165) is 24.9 Å². The van der Waals surface area contributed by atoms with E-state index in [1.807, 2.05) is 24.3 Å². The van der Waals surface area contributed by atoms with Crippen LogP contribution in [-0.4, -0.2) is 18.5 Å². The summed E-state index contributed by atoms with van der Waals surface area (Å²) in [5.41, 5.74) is 1.79. The third kappa shape index (κ3) is 1.77. The van der Waals surface area contributed by atoms with E-state index in [9.17, 15) is 4.79 Å². The zero-order valence-corrected chi connectivity index (χ0v) is 8.21. The summed E-state index contributed by atoms with van der Waals surface area (Å²) in [5.74, 6) is 0. The molecule has 1 atom stereocenters. The molecule has 14 heavy (non-hydrogen) atoms. The summed E-state index contributed by atoms with van der Waals surface area (Å²) in [6, 6.07) is 7.48. The first-order valence-corrected chi connectivity index (χ1v) is 4.80. The van der Waals surface area contributed by atoms with Crippen molar-refractivity contribution in [3.63, 3.8) is 0 Å². The number of carbonyl (C=O) groups excluding carboxylic acids is 1. The lowest BCUT2D eigenvalue weighted by Gasteiger charge is -2.41. The molecule has 3 nitrogen and oxygen atoms in total. The van der Waals surface area contributed by atoms with Gasteiger partial charge in [-0.2, -0.15) is 0 Å². The van der Waals surface area contributed by atoms with Crippen molar-refractivity contribution in [1.82, 2.24) is 5.32 Å². The van der Waals surface area contributed by atoms with E-state index in [0.29, 0.717) is 5.56 Å². The number of aldehydes is 1.